The van der Waals surface area contributed by atoms with Crippen LogP contribution in [0.2, 0.25) is 0 Å². The van der Waals surface area contributed by atoms with Gasteiger partial charge in [0.25, 0.3) is 0 Å². The van der Waals surface area contributed by atoms with E-state index in [9.17, 15) is 0 Å². The van der Waals surface area contributed by atoms with Crippen molar-refractivity contribution in [1.82, 2.24) is 10.3 Å². The highest BCUT2D eigenvalue weighted by molar-refractivity contribution is 7.11. The average Bonchev–Trinajstić information content (AvgIpc) is 2.82. The zero-order valence-electron chi connectivity index (χ0n) is 13.2. The van der Waals surface area contributed by atoms with E-state index in [1.165, 1.54) is 4.88 Å². The van der Waals surface area contributed by atoms with Gasteiger partial charge in [0.2, 0.25) is 0 Å². The molecule has 0 saturated carbocycles. The molecule has 1 heterocycles. The summed E-state index contributed by atoms with van der Waals surface area (Å²) in [5.41, 5.74) is 2.26. The molecule has 1 N–H and O–H groups in total. The number of hydrogen-bond donors (Lipinski definition) is 1. The third-order valence-electron chi connectivity index (χ3n) is 3.58. The number of aromatic nitrogens is 1. The van der Waals surface area contributed by atoms with Crippen LogP contribution in [-0.4, -0.2) is 26.3 Å². The molecule has 1 atom stereocenters. The van der Waals surface area contributed by atoms with Crippen molar-refractivity contribution in [3.8, 4) is 11.5 Å². The lowest BCUT2D eigenvalue weighted by molar-refractivity contribution is 0.392. The van der Waals surface area contributed by atoms with Crippen LogP contribution < -0.4 is 14.8 Å². The Morgan fingerprint density at radius 3 is 2.19 bits per heavy atom. The Labute approximate surface area is 130 Å². The van der Waals surface area contributed by atoms with E-state index >= 15 is 0 Å². The first-order valence-electron chi connectivity index (χ1n) is 6.90. The van der Waals surface area contributed by atoms with Gasteiger partial charge >= 0.3 is 0 Å². The normalized spacial score (nSPS) is 12.2. The molecule has 1 unspecified atom stereocenters. The van der Waals surface area contributed by atoms with Crippen LogP contribution in [0, 0.1) is 13.8 Å². The predicted octanol–water partition coefficient (Wildman–Crippen LogP) is 3.28. The fourth-order valence-electron chi connectivity index (χ4n) is 2.22. The smallest absolute Gasteiger partial charge is 0.122 e. The quantitative estimate of drug-likeness (QED) is 0.889. The predicted molar refractivity (Wildman–Crippen MR) is 86.6 cm³/mol. The van der Waals surface area contributed by atoms with Crippen molar-refractivity contribution in [3.05, 3.63) is 39.3 Å². The summed E-state index contributed by atoms with van der Waals surface area (Å²) < 4.78 is 10.7. The molecular formula is C16H22N2O2S. The third-order valence-corrected chi connectivity index (χ3v) is 4.67. The van der Waals surface area contributed by atoms with E-state index in [0.29, 0.717) is 0 Å². The Morgan fingerprint density at radius 2 is 1.76 bits per heavy atom. The molecule has 0 aliphatic carbocycles. The molecule has 0 saturated heterocycles. The number of rotatable bonds is 6. The molecule has 0 amide bonds. The minimum absolute atomic E-state index is 0.180. The van der Waals surface area contributed by atoms with Crippen LogP contribution in [0.25, 0.3) is 0 Å². The first-order chi connectivity index (χ1) is 10.1. The van der Waals surface area contributed by atoms with Crippen LogP contribution in [0.15, 0.2) is 18.2 Å². The molecule has 114 valence electrons. The maximum absolute atomic E-state index is 5.34. The zero-order valence-corrected chi connectivity index (χ0v) is 14.0. The monoisotopic (exact) mass is 306 g/mol. The SMILES string of the molecule is CNC(Cc1nc(C)c(C)s1)c1cc(OC)cc(OC)c1. The first kappa shape index (κ1) is 15.8. The Bertz CT molecular complexity index is 569. The molecule has 0 bridgehead atoms. The molecule has 1 aromatic heterocycles. The number of aryl methyl sites for hydroxylation is 2. The lowest BCUT2D eigenvalue weighted by Crippen LogP contribution is -2.19. The molecular weight excluding hydrogens is 284 g/mol. The fraction of sp³-hybridized carbons (Fsp3) is 0.438. The summed E-state index contributed by atoms with van der Waals surface area (Å²) in [6.45, 7) is 4.16. The molecule has 0 aliphatic heterocycles. The van der Waals surface area contributed by atoms with E-state index in [4.69, 9.17) is 9.47 Å². The van der Waals surface area contributed by atoms with Crippen LogP contribution in [0.4, 0.5) is 0 Å². The van der Waals surface area contributed by atoms with Gasteiger partial charge in [-0.2, -0.15) is 0 Å². The van der Waals surface area contributed by atoms with Gasteiger partial charge in [-0.15, -0.1) is 11.3 Å². The Kier molecular flexibility index (Phi) is 5.20. The summed E-state index contributed by atoms with van der Waals surface area (Å²) in [4.78, 5) is 5.91. The molecule has 4 nitrogen and oxygen atoms in total. The summed E-state index contributed by atoms with van der Waals surface area (Å²) in [5, 5.41) is 4.50. The van der Waals surface area contributed by atoms with Crippen molar-refractivity contribution in [1.29, 1.82) is 0 Å². The Morgan fingerprint density at radius 1 is 1.14 bits per heavy atom. The minimum atomic E-state index is 0.180. The van der Waals surface area contributed by atoms with Crippen molar-refractivity contribution >= 4 is 11.3 Å². The van der Waals surface area contributed by atoms with E-state index in [2.05, 4.69) is 24.1 Å². The molecule has 2 rings (SSSR count). The number of nitrogens with one attached hydrogen (secondary N) is 1. The van der Waals surface area contributed by atoms with E-state index in [0.717, 1.165) is 34.2 Å². The van der Waals surface area contributed by atoms with Gasteiger partial charge in [-0.05, 0) is 38.6 Å². The number of ether oxygens (including phenoxy) is 2. The number of benzene rings is 1. The average molecular weight is 306 g/mol. The fourth-order valence-corrected chi connectivity index (χ4v) is 3.20. The van der Waals surface area contributed by atoms with Gasteiger partial charge in [0, 0.05) is 23.4 Å². The first-order valence-corrected chi connectivity index (χ1v) is 7.72. The molecule has 0 radical (unpaired) electrons. The molecule has 0 spiro atoms. The van der Waals surface area contributed by atoms with Crippen molar-refractivity contribution in [2.75, 3.05) is 21.3 Å². The molecule has 1 aromatic carbocycles. The third kappa shape index (κ3) is 3.74. The lowest BCUT2D eigenvalue weighted by atomic mass is 10.0. The summed E-state index contributed by atoms with van der Waals surface area (Å²) in [7, 11) is 5.30. The van der Waals surface area contributed by atoms with Crippen molar-refractivity contribution < 1.29 is 9.47 Å². The van der Waals surface area contributed by atoms with Crippen molar-refractivity contribution in [2.45, 2.75) is 26.3 Å². The topological polar surface area (TPSA) is 43.4 Å². The number of likely N-dealkylation sites (N-methyl/N-ethyl adjacent to an activating group) is 1. The molecule has 2 aromatic rings. The van der Waals surface area contributed by atoms with Crippen LogP contribution in [-0.2, 0) is 6.42 Å². The van der Waals surface area contributed by atoms with Gasteiger partial charge < -0.3 is 14.8 Å². The number of methoxy groups -OCH3 is 2. The van der Waals surface area contributed by atoms with Gasteiger partial charge in [-0.3, -0.25) is 0 Å². The lowest BCUT2D eigenvalue weighted by Gasteiger charge is -2.17. The molecule has 0 fully saturated rings. The van der Waals surface area contributed by atoms with Crippen molar-refractivity contribution in [2.24, 2.45) is 0 Å². The maximum atomic E-state index is 5.34. The van der Waals surface area contributed by atoms with E-state index in [1.54, 1.807) is 25.6 Å². The summed E-state index contributed by atoms with van der Waals surface area (Å²) in [6, 6.07) is 6.14. The second kappa shape index (κ2) is 6.91. The molecule has 21 heavy (non-hydrogen) atoms. The highest BCUT2D eigenvalue weighted by atomic mass is 32.1. The number of thiazole rings is 1. The summed E-state index contributed by atoms with van der Waals surface area (Å²) in [6.07, 6.45) is 0.853. The van der Waals surface area contributed by atoms with Gasteiger partial charge in [-0.1, -0.05) is 0 Å². The second-order valence-corrected chi connectivity index (χ2v) is 6.23. The number of hydrogen-bond acceptors (Lipinski definition) is 5. The van der Waals surface area contributed by atoms with E-state index in [1.807, 2.05) is 25.2 Å². The van der Waals surface area contributed by atoms with Crippen LogP contribution in [0.3, 0.4) is 0 Å². The number of nitrogens with zero attached hydrogens (tertiary/aromatic N) is 1. The van der Waals surface area contributed by atoms with Crippen LogP contribution in [0.5, 0.6) is 11.5 Å². The molecule has 5 heteroatoms. The van der Waals surface area contributed by atoms with Gasteiger partial charge in [0.15, 0.2) is 0 Å². The van der Waals surface area contributed by atoms with Crippen LogP contribution in [0.1, 0.15) is 27.2 Å². The zero-order chi connectivity index (χ0) is 15.4. The second-order valence-electron chi connectivity index (χ2n) is 4.94. The van der Waals surface area contributed by atoms with E-state index < -0.39 is 0 Å². The highest BCUT2D eigenvalue weighted by Crippen LogP contribution is 2.29. The van der Waals surface area contributed by atoms with Gasteiger partial charge in [0.05, 0.1) is 24.9 Å². The Balaban J connectivity index is 2.27. The van der Waals surface area contributed by atoms with Crippen molar-refractivity contribution in [3.63, 3.8) is 0 Å². The molecule has 0 aliphatic rings. The van der Waals surface area contributed by atoms with Crippen LogP contribution >= 0.6 is 11.3 Å². The minimum Gasteiger partial charge on any atom is -0.497 e. The highest BCUT2D eigenvalue weighted by Gasteiger charge is 2.15. The summed E-state index contributed by atoms with van der Waals surface area (Å²) in [5.74, 6) is 1.60. The Hall–Kier alpha value is -1.59. The van der Waals surface area contributed by atoms with Gasteiger partial charge in [0.1, 0.15) is 11.5 Å². The van der Waals surface area contributed by atoms with Gasteiger partial charge in [-0.25, -0.2) is 4.98 Å². The maximum Gasteiger partial charge on any atom is 0.122 e. The largest absolute Gasteiger partial charge is 0.497 e. The summed E-state index contributed by atoms with van der Waals surface area (Å²) >= 11 is 1.76. The van der Waals surface area contributed by atoms with E-state index in [-0.39, 0.29) is 6.04 Å². The standard InChI is InChI=1S/C16H22N2O2S/c1-10-11(2)21-16(18-10)9-15(17-3)12-6-13(19-4)8-14(7-12)20-5/h6-8,15,17H,9H2,1-5H3.